The first kappa shape index (κ1) is 31.3. The number of carbonyl (C=O) groups is 2. The van der Waals surface area contributed by atoms with Gasteiger partial charge in [-0.2, -0.15) is 0 Å². The maximum absolute atomic E-state index is 11.9. The number of ether oxygens (including phenoxy) is 4. The lowest BCUT2D eigenvalue weighted by atomic mass is 10.1. The second-order valence-corrected chi connectivity index (χ2v) is 9.15. The van der Waals surface area contributed by atoms with Gasteiger partial charge in [-0.25, -0.2) is 20.5 Å². The second-order valence-electron chi connectivity index (χ2n) is 9.15. The van der Waals surface area contributed by atoms with Crippen molar-refractivity contribution in [3.63, 3.8) is 0 Å². The third kappa shape index (κ3) is 11.5. The van der Waals surface area contributed by atoms with Gasteiger partial charge in [-0.15, -0.1) is 5.17 Å². The Labute approximate surface area is 228 Å². The Balaban J connectivity index is 1.55. The van der Waals surface area contributed by atoms with E-state index in [1.54, 1.807) is 55.6 Å². The van der Waals surface area contributed by atoms with Crippen LogP contribution in [-0.2, 0) is 28.6 Å². The molecular formula is C26H39N5O8. The van der Waals surface area contributed by atoms with E-state index in [0.717, 1.165) is 5.17 Å². The number of hydrazine groups is 1. The van der Waals surface area contributed by atoms with Crippen molar-refractivity contribution in [2.75, 3.05) is 55.2 Å². The summed E-state index contributed by atoms with van der Waals surface area (Å²) in [5, 5.41) is 2.00. The smallest absolute Gasteiger partial charge is 0.433 e. The minimum Gasteiger partial charge on any atom is -0.433 e. The first-order chi connectivity index (χ1) is 18.5. The summed E-state index contributed by atoms with van der Waals surface area (Å²) >= 11 is 0. The summed E-state index contributed by atoms with van der Waals surface area (Å²) in [5.74, 6) is 5.71. The fourth-order valence-corrected chi connectivity index (χ4v) is 3.22. The van der Waals surface area contributed by atoms with Crippen LogP contribution in [0.3, 0.4) is 0 Å². The molecule has 6 N–H and O–H groups in total. The van der Waals surface area contributed by atoms with E-state index in [2.05, 4.69) is 0 Å². The van der Waals surface area contributed by atoms with Gasteiger partial charge in [0.15, 0.2) is 0 Å². The van der Waals surface area contributed by atoms with E-state index in [0.29, 0.717) is 42.2 Å². The van der Waals surface area contributed by atoms with Gasteiger partial charge >= 0.3 is 12.3 Å². The number of rotatable bonds is 15. The Morgan fingerprint density at radius 2 is 1.41 bits per heavy atom. The van der Waals surface area contributed by atoms with Crippen molar-refractivity contribution < 1.29 is 38.2 Å². The molecule has 0 bridgehead atoms. The Kier molecular flexibility index (Phi) is 12.4. The van der Waals surface area contributed by atoms with Crippen LogP contribution in [0.5, 0.6) is 0 Å². The number of nitrogen functional groups attached to an aromatic ring is 2. The Morgan fingerprint density at radius 1 is 0.846 bits per heavy atom. The number of carbonyl (C=O) groups excluding carboxylic acids is 2. The van der Waals surface area contributed by atoms with Crippen molar-refractivity contribution in [3.8, 4) is 0 Å². The van der Waals surface area contributed by atoms with E-state index in [9.17, 15) is 9.59 Å². The van der Waals surface area contributed by atoms with Crippen LogP contribution in [0.15, 0.2) is 48.5 Å². The summed E-state index contributed by atoms with van der Waals surface area (Å²) in [6.45, 7) is 6.35. The van der Waals surface area contributed by atoms with Crippen molar-refractivity contribution >= 4 is 35.1 Å². The highest BCUT2D eigenvalue weighted by atomic mass is 16.8. The van der Waals surface area contributed by atoms with Crippen LogP contribution in [0.4, 0.5) is 32.3 Å². The third-order valence-electron chi connectivity index (χ3n) is 5.48. The SMILES string of the molecule is CC(CCOC(C)(C)CCOC(=O)ON(N)c1ccccc1N)OCCOC(=O)ON(C)c1ccccc1N. The molecule has 0 heterocycles. The van der Waals surface area contributed by atoms with E-state index >= 15 is 0 Å². The zero-order chi connectivity index (χ0) is 28.8. The Hall–Kier alpha value is -3.94. The highest BCUT2D eigenvalue weighted by Gasteiger charge is 2.21. The molecule has 0 radical (unpaired) electrons. The molecular weight excluding hydrogens is 510 g/mol. The van der Waals surface area contributed by atoms with Gasteiger partial charge in [0.25, 0.3) is 0 Å². The van der Waals surface area contributed by atoms with Crippen LogP contribution in [0, 0.1) is 0 Å². The topological polar surface area (TPSA) is 174 Å². The molecule has 39 heavy (non-hydrogen) atoms. The molecule has 0 aliphatic heterocycles. The lowest BCUT2D eigenvalue weighted by Gasteiger charge is -2.26. The van der Waals surface area contributed by atoms with Crippen molar-refractivity contribution in [2.24, 2.45) is 5.84 Å². The molecule has 0 amide bonds. The van der Waals surface area contributed by atoms with Crippen LogP contribution in [0.25, 0.3) is 0 Å². The Morgan fingerprint density at radius 3 is 2.05 bits per heavy atom. The second kappa shape index (κ2) is 15.5. The molecule has 13 nitrogen and oxygen atoms in total. The number of hydroxylamine groups is 1. The van der Waals surface area contributed by atoms with E-state index < -0.39 is 17.9 Å². The monoisotopic (exact) mass is 549 g/mol. The number of anilines is 4. The number of para-hydroxylation sites is 4. The summed E-state index contributed by atoms with van der Waals surface area (Å²) in [6, 6.07) is 13.7. The fraction of sp³-hybridized carbons (Fsp3) is 0.462. The molecule has 0 saturated heterocycles. The molecule has 2 rings (SSSR count). The standard InChI is InChI=1S/C26H39N5O8/c1-19(34-17-18-36-24(32)38-30(4)22-11-7-5-9-20(22)27)13-15-37-26(2,3)14-16-35-25(33)39-31(29)23-12-8-6-10-21(23)28/h5-12,19H,13-18,27-29H2,1-4H3. The number of nitrogens with two attached hydrogens (primary N) is 3. The molecule has 2 aromatic carbocycles. The van der Waals surface area contributed by atoms with Gasteiger partial charge in [0.2, 0.25) is 0 Å². The van der Waals surface area contributed by atoms with E-state index in [1.807, 2.05) is 20.8 Å². The van der Waals surface area contributed by atoms with Crippen molar-refractivity contribution in [1.29, 1.82) is 0 Å². The summed E-state index contributed by atoms with van der Waals surface area (Å²) in [7, 11) is 1.56. The average molecular weight is 550 g/mol. The third-order valence-corrected chi connectivity index (χ3v) is 5.48. The average Bonchev–Trinajstić information content (AvgIpc) is 2.86. The molecule has 216 valence electrons. The first-order valence-corrected chi connectivity index (χ1v) is 12.4. The van der Waals surface area contributed by atoms with Gasteiger partial charge < -0.3 is 35.3 Å². The molecule has 1 atom stereocenters. The van der Waals surface area contributed by atoms with Gasteiger partial charge in [-0.3, -0.25) is 4.84 Å². The molecule has 1 unspecified atom stereocenters. The molecule has 0 aromatic heterocycles. The predicted molar refractivity (Wildman–Crippen MR) is 146 cm³/mol. The number of hydrogen-bond donors (Lipinski definition) is 3. The predicted octanol–water partition coefficient (Wildman–Crippen LogP) is 3.78. The normalized spacial score (nSPS) is 11.8. The molecule has 0 aliphatic rings. The van der Waals surface area contributed by atoms with Crippen LogP contribution in [0.1, 0.15) is 33.6 Å². The van der Waals surface area contributed by atoms with Crippen molar-refractivity contribution in [3.05, 3.63) is 48.5 Å². The number of hydrogen-bond acceptors (Lipinski definition) is 13. The molecule has 0 spiro atoms. The minimum absolute atomic E-state index is 0.0260. The summed E-state index contributed by atoms with van der Waals surface area (Å²) in [6.07, 6.45) is -0.932. The Bertz CT molecular complexity index is 1050. The highest BCUT2D eigenvalue weighted by Crippen LogP contribution is 2.22. The molecule has 0 fully saturated rings. The lowest BCUT2D eigenvalue weighted by molar-refractivity contribution is -0.0581. The van der Waals surface area contributed by atoms with Crippen LogP contribution < -0.4 is 27.5 Å². The van der Waals surface area contributed by atoms with Gasteiger partial charge in [0.1, 0.15) is 12.3 Å². The molecule has 2 aromatic rings. The van der Waals surface area contributed by atoms with E-state index in [1.165, 1.54) is 5.06 Å². The minimum atomic E-state index is -0.958. The first-order valence-electron chi connectivity index (χ1n) is 12.4. The largest absolute Gasteiger partial charge is 0.534 e. The van der Waals surface area contributed by atoms with E-state index in [4.69, 9.17) is 45.9 Å². The molecule has 0 saturated carbocycles. The van der Waals surface area contributed by atoms with Gasteiger partial charge in [0, 0.05) is 20.1 Å². The summed E-state index contributed by atoms with van der Waals surface area (Å²) < 4.78 is 21.7. The zero-order valence-electron chi connectivity index (χ0n) is 22.8. The summed E-state index contributed by atoms with van der Waals surface area (Å²) in [5.41, 5.74) is 12.8. The number of benzene rings is 2. The van der Waals surface area contributed by atoms with Gasteiger partial charge in [0.05, 0.1) is 42.0 Å². The zero-order valence-corrected chi connectivity index (χ0v) is 22.8. The van der Waals surface area contributed by atoms with Gasteiger partial charge in [-0.05, 0) is 51.5 Å². The number of nitrogens with zero attached hydrogens (tertiary/aromatic N) is 2. The highest BCUT2D eigenvalue weighted by molar-refractivity contribution is 5.69. The summed E-state index contributed by atoms with van der Waals surface area (Å²) in [4.78, 5) is 33.8. The van der Waals surface area contributed by atoms with Gasteiger partial charge in [-0.1, -0.05) is 24.3 Å². The fourth-order valence-electron chi connectivity index (χ4n) is 3.22. The maximum Gasteiger partial charge on any atom is 0.534 e. The molecule has 13 heteroatoms. The van der Waals surface area contributed by atoms with Crippen LogP contribution >= 0.6 is 0 Å². The quantitative estimate of drug-likeness (QED) is 0.0963. The van der Waals surface area contributed by atoms with Crippen molar-refractivity contribution in [1.82, 2.24) is 0 Å². The van der Waals surface area contributed by atoms with Crippen LogP contribution in [0.2, 0.25) is 0 Å². The van der Waals surface area contributed by atoms with Crippen LogP contribution in [-0.4, -0.2) is 57.5 Å². The maximum atomic E-state index is 11.9. The van der Waals surface area contributed by atoms with E-state index in [-0.39, 0.29) is 25.9 Å². The van der Waals surface area contributed by atoms with Crippen molar-refractivity contribution in [2.45, 2.75) is 45.3 Å². The lowest BCUT2D eigenvalue weighted by Crippen LogP contribution is -2.35. The molecule has 0 aliphatic carbocycles.